The fourth-order valence-electron chi connectivity index (χ4n) is 3.25. The maximum Gasteiger partial charge on any atom is -0.147 e. The van der Waals surface area contributed by atoms with E-state index >= 15 is 0 Å². The molecule has 0 aliphatic carbocycles. The SMILES string of the molecule is Cc1cc(C(C)(C)C)ccc1[O][Ti](=[CH]c1cccs1)[O]c1ccc(C(C)(C)C)cc1C.Cl.Cl. The fraction of sp³-hybridized carbons (Fsp3) is 0.370. The predicted molar refractivity (Wildman–Crippen MR) is 145 cm³/mol. The number of hydrogen-bond acceptors (Lipinski definition) is 3. The van der Waals surface area contributed by atoms with Crippen molar-refractivity contribution >= 4 is 40.5 Å². The molecule has 0 N–H and O–H groups in total. The van der Waals surface area contributed by atoms with E-state index in [0.717, 1.165) is 22.6 Å². The summed E-state index contributed by atoms with van der Waals surface area (Å²) < 4.78 is 15.3. The summed E-state index contributed by atoms with van der Waals surface area (Å²) in [4.78, 5) is 1.20. The van der Waals surface area contributed by atoms with Gasteiger partial charge in [-0.2, -0.15) is 0 Å². The Morgan fingerprint density at radius 3 is 1.52 bits per heavy atom. The molecule has 0 aliphatic heterocycles. The first kappa shape index (κ1) is 29.9. The van der Waals surface area contributed by atoms with E-state index in [1.165, 1.54) is 16.0 Å². The number of hydrogen-bond donors (Lipinski definition) is 0. The van der Waals surface area contributed by atoms with Crippen LogP contribution in [0, 0.1) is 13.8 Å². The van der Waals surface area contributed by atoms with Gasteiger partial charge in [-0.05, 0) is 0 Å². The average molecular weight is 543 g/mol. The predicted octanol–water partition coefficient (Wildman–Crippen LogP) is 8.56. The van der Waals surface area contributed by atoms with Crippen LogP contribution in [0.5, 0.6) is 11.5 Å². The molecule has 0 bridgehead atoms. The van der Waals surface area contributed by atoms with Crippen molar-refractivity contribution in [2.75, 3.05) is 0 Å². The summed E-state index contributed by atoms with van der Waals surface area (Å²) in [6, 6.07) is 17.2. The normalized spacial score (nSPS) is 11.2. The molecule has 2 aromatic carbocycles. The molecule has 0 amide bonds. The smallest absolute Gasteiger partial charge is 0.147 e. The van der Waals surface area contributed by atoms with E-state index in [2.05, 4.69) is 114 Å². The van der Waals surface area contributed by atoms with Crippen molar-refractivity contribution in [2.45, 2.75) is 66.2 Å². The largest absolute Gasteiger partial charge is 0.147 e. The monoisotopic (exact) mass is 542 g/mol. The number of benzene rings is 2. The van der Waals surface area contributed by atoms with Crippen LogP contribution in [0.15, 0.2) is 53.9 Å². The van der Waals surface area contributed by atoms with Crippen molar-refractivity contribution in [2.24, 2.45) is 0 Å². The molecule has 0 saturated heterocycles. The third-order valence-electron chi connectivity index (χ3n) is 5.31. The van der Waals surface area contributed by atoms with E-state index in [-0.39, 0.29) is 35.6 Å². The summed E-state index contributed by atoms with van der Waals surface area (Å²) >= 11 is -0.777. The van der Waals surface area contributed by atoms with Crippen LogP contribution in [0.4, 0.5) is 0 Å². The van der Waals surface area contributed by atoms with E-state index < -0.39 is 18.2 Å². The van der Waals surface area contributed by atoms with E-state index in [0.29, 0.717) is 0 Å². The summed E-state index contributed by atoms with van der Waals surface area (Å²) in [7, 11) is 0. The van der Waals surface area contributed by atoms with Crippen LogP contribution in [0.3, 0.4) is 0 Å². The van der Waals surface area contributed by atoms with Gasteiger partial charge >= 0.3 is 199 Å². The maximum absolute atomic E-state index is 6.54. The minimum atomic E-state index is -2.50. The van der Waals surface area contributed by atoms with Gasteiger partial charge in [-0.15, -0.1) is 24.8 Å². The zero-order chi connectivity index (χ0) is 22.8. The van der Waals surface area contributed by atoms with Gasteiger partial charge in [0.25, 0.3) is 0 Å². The van der Waals surface area contributed by atoms with Gasteiger partial charge < -0.3 is 0 Å². The standard InChI is InChI=1S/2C11H16O.C5H4S.2ClH.Ti/c2*1-8-7-9(11(2,3)4)5-6-10(8)12;1-5-3-2-4-6-5;;;/h2*5-7,12H,1-4H3;1-4H;2*1H;/q;;;;;+2/p-2. The molecule has 0 unspecified atom stereocenters. The first-order chi connectivity index (χ1) is 14.4. The second kappa shape index (κ2) is 12.0. The molecule has 3 aromatic rings. The molecular weight excluding hydrogens is 507 g/mol. The summed E-state index contributed by atoms with van der Waals surface area (Å²) in [6.45, 7) is 17.7. The Hall–Kier alpha value is -1.10. The summed E-state index contributed by atoms with van der Waals surface area (Å²) in [5, 5.41) is 2.09. The molecule has 2 nitrogen and oxygen atoms in total. The van der Waals surface area contributed by atoms with Crippen LogP contribution in [0.2, 0.25) is 0 Å². The van der Waals surface area contributed by atoms with Gasteiger partial charge in [0.15, 0.2) is 0 Å². The van der Waals surface area contributed by atoms with Crippen molar-refractivity contribution in [3.8, 4) is 11.5 Å². The van der Waals surface area contributed by atoms with Crippen molar-refractivity contribution < 1.29 is 24.8 Å². The van der Waals surface area contributed by atoms with E-state index in [1.807, 2.05) is 0 Å². The fourth-order valence-corrected chi connectivity index (χ4v) is 6.66. The number of rotatable bonds is 5. The molecule has 180 valence electrons. The molecule has 0 radical (unpaired) electrons. The molecule has 0 fully saturated rings. The molecule has 0 saturated carbocycles. The van der Waals surface area contributed by atoms with Crippen molar-refractivity contribution in [1.29, 1.82) is 0 Å². The van der Waals surface area contributed by atoms with Crippen LogP contribution >= 0.6 is 36.2 Å². The Morgan fingerprint density at radius 1 is 0.727 bits per heavy atom. The molecule has 0 spiro atoms. The van der Waals surface area contributed by atoms with Crippen LogP contribution in [-0.2, 0) is 29.0 Å². The minimum absolute atomic E-state index is 0. The van der Waals surface area contributed by atoms with Gasteiger partial charge in [-0.25, -0.2) is 0 Å². The Labute approximate surface area is 222 Å². The Balaban J connectivity index is 0.00000272. The molecule has 1 heterocycles. The van der Waals surface area contributed by atoms with Gasteiger partial charge in [0.2, 0.25) is 0 Å². The number of aryl methyl sites for hydroxylation is 2. The minimum Gasteiger partial charge on any atom is -0.147 e. The molecule has 33 heavy (non-hydrogen) atoms. The molecule has 3 rings (SSSR count). The summed E-state index contributed by atoms with van der Waals surface area (Å²) in [5.74, 6) is 1.83. The number of halogens is 2. The van der Waals surface area contributed by atoms with Crippen LogP contribution in [0.25, 0.3) is 0 Å². The van der Waals surface area contributed by atoms with Crippen LogP contribution in [-0.4, -0.2) is 4.31 Å². The second-order valence-corrected chi connectivity index (χ2v) is 13.2. The second-order valence-electron chi connectivity index (χ2n) is 10.1. The maximum atomic E-state index is 6.54. The zero-order valence-electron chi connectivity index (χ0n) is 20.8. The summed E-state index contributed by atoms with van der Waals surface area (Å²) in [5.41, 5.74) is 5.18. The van der Waals surface area contributed by atoms with Crippen LogP contribution < -0.4 is 6.64 Å². The molecule has 6 heteroatoms. The molecular formula is C27H36Cl2O2STi. The van der Waals surface area contributed by atoms with Crippen LogP contribution in [0.1, 0.15) is 68.7 Å². The first-order valence-corrected chi connectivity index (χ1v) is 13.8. The van der Waals surface area contributed by atoms with E-state index in [4.69, 9.17) is 6.64 Å². The van der Waals surface area contributed by atoms with Crippen molar-refractivity contribution in [3.63, 3.8) is 0 Å². The Kier molecular flexibility index (Phi) is 10.9. The van der Waals surface area contributed by atoms with E-state index in [1.54, 1.807) is 11.3 Å². The van der Waals surface area contributed by atoms with Gasteiger partial charge in [0.1, 0.15) is 0 Å². The van der Waals surface area contributed by atoms with Crippen molar-refractivity contribution in [3.05, 3.63) is 81.0 Å². The van der Waals surface area contributed by atoms with Crippen molar-refractivity contribution in [1.82, 2.24) is 0 Å². The first-order valence-electron chi connectivity index (χ1n) is 10.8. The zero-order valence-corrected chi connectivity index (χ0v) is 24.8. The third-order valence-corrected chi connectivity index (χ3v) is 8.62. The van der Waals surface area contributed by atoms with Gasteiger partial charge in [0, 0.05) is 0 Å². The topological polar surface area (TPSA) is 18.5 Å². The number of thiophene rings is 1. The quantitative estimate of drug-likeness (QED) is 0.300. The third kappa shape index (κ3) is 8.26. The Bertz CT molecular complexity index is 1010. The van der Waals surface area contributed by atoms with Gasteiger partial charge in [0.05, 0.1) is 0 Å². The van der Waals surface area contributed by atoms with Gasteiger partial charge in [-0.1, -0.05) is 0 Å². The van der Waals surface area contributed by atoms with Gasteiger partial charge in [-0.3, -0.25) is 0 Å². The molecule has 0 aliphatic rings. The van der Waals surface area contributed by atoms with E-state index in [9.17, 15) is 0 Å². The molecule has 1 aromatic heterocycles. The Morgan fingerprint density at radius 2 is 1.18 bits per heavy atom. The average Bonchev–Trinajstić information content (AvgIpc) is 3.16. The summed E-state index contributed by atoms with van der Waals surface area (Å²) in [6.07, 6.45) is 0. The molecule has 0 atom stereocenters.